The summed E-state index contributed by atoms with van der Waals surface area (Å²) in [7, 11) is 0. The topological polar surface area (TPSA) is 78.4 Å². The molecule has 1 atom stereocenters. The summed E-state index contributed by atoms with van der Waals surface area (Å²) in [5.74, 6) is -0.300. The Morgan fingerprint density at radius 3 is 2.56 bits per heavy atom. The number of urea groups is 1. The second-order valence-electron chi connectivity index (χ2n) is 4.98. The molecule has 1 aliphatic rings. The number of aliphatic carboxylic acids is 1. The van der Waals surface area contributed by atoms with E-state index in [9.17, 15) is 9.59 Å². The average Bonchev–Trinajstić information content (AvgIpc) is 2.81. The largest absolute Gasteiger partial charge is 0.481 e. The number of nitrogens with one attached hydrogen (secondary N) is 2. The quantitative estimate of drug-likeness (QED) is 0.653. The first-order valence-corrected chi connectivity index (χ1v) is 6.89. The fourth-order valence-corrected chi connectivity index (χ4v) is 2.60. The standard InChI is InChI=1S/C13H24N2O3/c1-2-5-11(10-6-3-4-7-10)15-13(18)14-9-8-12(16)17/h10-11H,2-9H2,1H3,(H,16,17)(H2,14,15,18). The molecule has 0 aliphatic heterocycles. The molecule has 0 saturated heterocycles. The van der Waals surface area contributed by atoms with Gasteiger partial charge in [-0.25, -0.2) is 4.79 Å². The summed E-state index contributed by atoms with van der Waals surface area (Å²) >= 11 is 0. The number of carboxylic acid groups (broad SMARTS) is 1. The fraction of sp³-hybridized carbons (Fsp3) is 0.846. The van der Waals surface area contributed by atoms with Crippen LogP contribution in [0.5, 0.6) is 0 Å². The minimum absolute atomic E-state index is 0.0324. The van der Waals surface area contributed by atoms with Crippen LogP contribution in [0, 0.1) is 5.92 Å². The van der Waals surface area contributed by atoms with Gasteiger partial charge in [-0.1, -0.05) is 26.2 Å². The number of carboxylic acids is 1. The molecular weight excluding hydrogens is 232 g/mol. The van der Waals surface area contributed by atoms with Crippen LogP contribution in [0.15, 0.2) is 0 Å². The number of hydrogen-bond acceptors (Lipinski definition) is 2. The fourth-order valence-electron chi connectivity index (χ4n) is 2.60. The van der Waals surface area contributed by atoms with Crippen LogP contribution in [0.2, 0.25) is 0 Å². The molecule has 3 N–H and O–H groups in total. The Labute approximate surface area is 108 Å². The highest BCUT2D eigenvalue weighted by atomic mass is 16.4. The van der Waals surface area contributed by atoms with Crippen molar-refractivity contribution in [1.29, 1.82) is 0 Å². The zero-order valence-corrected chi connectivity index (χ0v) is 11.1. The van der Waals surface area contributed by atoms with Gasteiger partial charge in [-0.15, -0.1) is 0 Å². The lowest BCUT2D eigenvalue weighted by atomic mass is 9.94. The van der Waals surface area contributed by atoms with Gasteiger partial charge in [0, 0.05) is 12.6 Å². The van der Waals surface area contributed by atoms with Gasteiger partial charge in [0.25, 0.3) is 0 Å². The van der Waals surface area contributed by atoms with E-state index in [-0.39, 0.29) is 25.0 Å². The first-order chi connectivity index (χ1) is 8.63. The molecule has 0 heterocycles. The van der Waals surface area contributed by atoms with E-state index in [1.54, 1.807) is 0 Å². The third-order valence-corrected chi connectivity index (χ3v) is 3.51. The first kappa shape index (κ1) is 14.8. The van der Waals surface area contributed by atoms with E-state index < -0.39 is 5.97 Å². The van der Waals surface area contributed by atoms with Crippen LogP contribution in [0.25, 0.3) is 0 Å². The molecule has 0 aromatic heterocycles. The summed E-state index contributed by atoms with van der Waals surface area (Å²) in [6, 6.07) is 0.00364. The maximum atomic E-state index is 11.7. The molecule has 104 valence electrons. The molecule has 2 amide bonds. The van der Waals surface area contributed by atoms with Gasteiger partial charge in [0.2, 0.25) is 0 Å². The van der Waals surface area contributed by atoms with Gasteiger partial charge >= 0.3 is 12.0 Å². The molecule has 5 nitrogen and oxygen atoms in total. The van der Waals surface area contributed by atoms with Crippen LogP contribution in [0.1, 0.15) is 51.9 Å². The normalized spacial score (nSPS) is 17.4. The Morgan fingerprint density at radius 2 is 2.00 bits per heavy atom. The van der Waals surface area contributed by atoms with Crippen molar-refractivity contribution in [3.63, 3.8) is 0 Å². The molecule has 1 fully saturated rings. The predicted molar refractivity (Wildman–Crippen MR) is 69.4 cm³/mol. The van der Waals surface area contributed by atoms with Crippen LogP contribution in [0.3, 0.4) is 0 Å². The molecule has 1 saturated carbocycles. The van der Waals surface area contributed by atoms with Crippen LogP contribution in [-0.4, -0.2) is 29.7 Å². The minimum atomic E-state index is -0.892. The summed E-state index contributed by atoms with van der Waals surface area (Å²) in [6.45, 7) is 2.30. The Kier molecular flexibility index (Phi) is 6.54. The molecule has 1 aliphatic carbocycles. The van der Waals surface area contributed by atoms with E-state index in [4.69, 9.17) is 5.11 Å². The van der Waals surface area contributed by atoms with Gasteiger partial charge in [-0.05, 0) is 25.2 Å². The summed E-state index contributed by atoms with van der Waals surface area (Å²) in [4.78, 5) is 22.0. The Hall–Kier alpha value is -1.26. The molecular formula is C13H24N2O3. The van der Waals surface area contributed by atoms with Crippen LogP contribution >= 0.6 is 0 Å². The molecule has 1 unspecified atom stereocenters. The van der Waals surface area contributed by atoms with Crippen molar-refractivity contribution in [1.82, 2.24) is 10.6 Å². The summed E-state index contributed by atoms with van der Waals surface area (Å²) in [5.41, 5.74) is 0. The van der Waals surface area contributed by atoms with Gasteiger partial charge in [-0.3, -0.25) is 4.79 Å². The Morgan fingerprint density at radius 1 is 1.33 bits per heavy atom. The number of rotatable bonds is 7. The van der Waals surface area contributed by atoms with E-state index in [0.717, 1.165) is 12.8 Å². The SMILES string of the molecule is CCCC(NC(=O)NCCC(=O)O)C1CCCC1. The van der Waals surface area contributed by atoms with E-state index in [1.807, 2.05) is 0 Å². The highest BCUT2D eigenvalue weighted by Crippen LogP contribution is 2.29. The third-order valence-electron chi connectivity index (χ3n) is 3.51. The molecule has 0 bridgehead atoms. The Bertz CT molecular complexity index is 275. The van der Waals surface area contributed by atoms with E-state index >= 15 is 0 Å². The molecule has 0 aromatic rings. The molecule has 0 spiro atoms. The Balaban J connectivity index is 2.30. The molecule has 0 radical (unpaired) electrons. The lowest BCUT2D eigenvalue weighted by Gasteiger charge is -2.24. The van der Waals surface area contributed by atoms with Gasteiger partial charge in [0.1, 0.15) is 0 Å². The van der Waals surface area contributed by atoms with Crippen LogP contribution in [0.4, 0.5) is 4.79 Å². The highest BCUT2D eigenvalue weighted by molar-refractivity contribution is 5.75. The van der Waals surface area contributed by atoms with Crippen molar-refractivity contribution in [2.45, 2.75) is 57.9 Å². The summed E-state index contributed by atoms with van der Waals surface area (Å²) in [5, 5.41) is 14.1. The lowest BCUT2D eigenvalue weighted by molar-refractivity contribution is -0.136. The van der Waals surface area contributed by atoms with Crippen LogP contribution < -0.4 is 10.6 Å². The minimum Gasteiger partial charge on any atom is -0.481 e. The number of carbonyl (C=O) groups excluding carboxylic acids is 1. The van der Waals surface area contributed by atoms with Gasteiger partial charge in [0.05, 0.1) is 6.42 Å². The smallest absolute Gasteiger partial charge is 0.315 e. The maximum absolute atomic E-state index is 11.7. The second-order valence-corrected chi connectivity index (χ2v) is 4.98. The third kappa shape index (κ3) is 5.38. The van der Waals surface area contributed by atoms with E-state index in [2.05, 4.69) is 17.6 Å². The summed E-state index contributed by atoms with van der Waals surface area (Å²) < 4.78 is 0. The van der Waals surface area contributed by atoms with Crippen molar-refractivity contribution in [2.75, 3.05) is 6.54 Å². The van der Waals surface area contributed by atoms with E-state index in [0.29, 0.717) is 5.92 Å². The molecule has 0 aromatic carbocycles. The lowest BCUT2D eigenvalue weighted by Crippen LogP contribution is -2.45. The van der Waals surface area contributed by atoms with Crippen molar-refractivity contribution in [2.24, 2.45) is 5.92 Å². The van der Waals surface area contributed by atoms with Crippen molar-refractivity contribution in [3.05, 3.63) is 0 Å². The zero-order valence-electron chi connectivity index (χ0n) is 11.1. The molecule has 5 heteroatoms. The number of carbonyl (C=O) groups is 2. The van der Waals surface area contributed by atoms with Gasteiger partial charge in [-0.2, -0.15) is 0 Å². The van der Waals surface area contributed by atoms with Gasteiger partial charge < -0.3 is 15.7 Å². The second kappa shape index (κ2) is 7.95. The first-order valence-electron chi connectivity index (χ1n) is 6.89. The van der Waals surface area contributed by atoms with E-state index in [1.165, 1.54) is 25.7 Å². The highest BCUT2D eigenvalue weighted by Gasteiger charge is 2.25. The van der Waals surface area contributed by atoms with Gasteiger partial charge in [0.15, 0.2) is 0 Å². The predicted octanol–water partition coefficient (Wildman–Crippen LogP) is 2.12. The summed E-state index contributed by atoms with van der Waals surface area (Å²) in [6.07, 6.45) is 6.92. The van der Waals surface area contributed by atoms with Crippen molar-refractivity contribution in [3.8, 4) is 0 Å². The monoisotopic (exact) mass is 256 g/mol. The molecule has 1 rings (SSSR count). The number of amides is 2. The average molecular weight is 256 g/mol. The zero-order chi connectivity index (χ0) is 13.4. The van der Waals surface area contributed by atoms with Crippen LogP contribution in [-0.2, 0) is 4.79 Å². The van der Waals surface area contributed by atoms with Crippen molar-refractivity contribution >= 4 is 12.0 Å². The molecule has 18 heavy (non-hydrogen) atoms. The number of hydrogen-bond donors (Lipinski definition) is 3. The van der Waals surface area contributed by atoms with Crippen molar-refractivity contribution < 1.29 is 14.7 Å². The maximum Gasteiger partial charge on any atom is 0.315 e.